The van der Waals surface area contributed by atoms with Crippen molar-refractivity contribution in [3.63, 3.8) is 0 Å². The molecular formula is C27H30N4O4. The zero-order valence-corrected chi connectivity index (χ0v) is 20.4. The van der Waals surface area contributed by atoms with Gasteiger partial charge in [0.05, 0.1) is 45.7 Å². The lowest BCUT2D eigenvalue weighted by molar-refractivity contribution is -0.858. The molecule has 1 atom stereocenters. The summed E-state index contributed by atoms with van der Waals surface area (Å²) in [6.45, 7) is 2.99. The molecule has 0 saturated carbocycles. The summed E-state index contributed by atoms with van der Waals surface area (Å²) < 4.78 is 7.03. The molecule has 8 heteroatoms. The molecule has 0 aliphatic carbocycles. The number of amides is 1. The van der Waals surface area contributed by atoms with E-state index >= 15 is 0 Å². The molecule has 1 amide bonds. The monoisotopic (exact) mass is 474 g/mol. The van der Waals surface area contributed by atoms with Crippen molar-refractivity contribution in [2.24, 2.45) is 0 Å². The van der Waals surface area contributed by atoms with Gasteiger partial charge in [-0.1, -0.05) is 36.1 Å². The number of hydrogen-bond acceptors (Lipinski definition) is 5. The van der Waals surface area contributed by atoms with Crippen molar-refractivity contribution in [1.82, 2.24) is 14.7 Å². The summed E-state index contributed by atoms with van der Waals surface area (Å²) in [5, 5.41) is 18.2. The van der Waals surface area contributed by atoms with Gasteiger partial charge in [0.2, 0.25) is 5.78 Å². The minimum absolute atomic E-state index is 0.0452. The Morgan fingerprint density at radius 3 is 2.54 bits per heavy atom. The van der Waals surface area contributed by atoms with Gasteiger partial charge in [-0.25, -0.2) is 4.68 Å². The number of ether oxygens (including phenoxy) is 1. The molecule has 0 radical (unpaired) electrons. The van der Waals surface area contributed by atoms with E-state index in [1.54, 1.807) is 36.9 Å². The van der Waals surface area contributed by atoms with Crippen LogP contribution in [0, 0.1) is 6.92 Å². The van der Waals surface area contributed by atoms with E-state index in [2.05, 4.69) is 5.10 Å². The highest BCUT2D eigenvalue weighted by atomic mass is 16.5. The molecule has 4 rings (SSSR count). The molecular weight excluding hydrogens is 444 g/mol. The maximum absolute atomic E-state index is 13.8. The number of ketones is 1. The Kier molecular flexibility index (Phi) is 7.02. The highest BCUT2D eigenvalue weighted by molar-refractivity contribution is 6.46. The summed E-state index contributed by atoms with van der Waals surface area (Å²) in [6, 6.07) is 15.8. The highest BCUT2D eigenvalue weighted by Gasteiger charge is 2.44. The average molecular weight is 475 g/mol. The van der Waals surface area contributed by atoms with Gasteiger partial charge in [0.15, 0.2) is 0 Å². The standard InChI is InChI=1S/C27H30N4O4/c1-18-22(17-28-31(18)20-11-6-5-7-12-20)25(32)23-24(19-10-8-13-21(16-19)35-4)30(27(34)26(23)33)15-9-14-29(2)3/h5-8,10-13,16-17,24,32H,9,14-15H2,1-4H3. The second-order valence-electron chi connectivity index (χ2n) is 8.95. The summed E-state index contributed by atoms with van der Waals surface area (Å²) in [6.07, 6.45) is 2.17. The first kappa shape index (κ1) is 24.2. The van der Waals surface area contributed by atoms with Crippen molar-refractivity contribution in [3.05, 3.63) is 83.2 Å². The molecule has 2 heterocycles. The van der Waals surface area contributed by atoms with Gasteiger partial charge in [0.25, 0.3) is 5.91 Å². The molecule has 2 aromatic carbocycles. The van der Waals surface area contributed by atoms with Crippen LogP contribution in [0.2, 0.25) is 0 Å². The summed E-state index contributed by atoms with van der Waals surface area (Å²) in [5.74, 6) is -1.29. The number of para-hydroxylation sites is 1. The number of rotatable bonds is 8. The summed E-state index contributed by atoms with van der Waals surface area (Å²) in [4.78, 5) is 29.1. The molecule has 35 heavy (non-hydrogen) atoms. The van der Waals surface area contributed by atoms with Gasteiger partial charge in [0.1, 0.15) is 5.75 Å². The van der Waals surface area contributed by atoms with Crippen molar-refractivity contribution < 1.29 is 24.3 Å². The minimum Gasteiger partial charge on any atom is -0.872 e. The highest BCUT2D eigenvalue weighted by Crippen LogP contribution is 2.40. The number of carbonyl (C=O) groups is 2. The van der Waals surface area contributed by atoms with E-state index in [-0.39, 0.29) is 5.57 Å². The Labute approximate surface area is 205 Å². The first-order chi connectivity index (χ1) is 16.8. The molecule has 1 aliphatic heterocycles. The molecule has 1 aliphatic rings. The van der Waals surface area contributed by atoms with Crippen LogP contribution in [0.5, 0.6) is 5.75 Å². The number of methoxy groups -OCH3 is 1. The minimum atomic E-state index is -0.783. The number of nitrogens with one attached hydrogen (secondary N) is 1. The molecule has 8 nitrogen and oxygen atoms in total. The first-order valence-electron chi connectivity index (χ1n) is 11.6. The zero-order valence-electron chi connectivity index (χ0n) is 20.4. The molecule has 1 aromatic heterocycles. The van der Waals surface area contributed by atoms with E-state index in [1.807, 2.05) is 50.5 Å². The number of nitrogens with zero attached hydrogens (tertiary/aromatic N) is 3. The fourth-order valence-electron chi connectivity index (χ4n) is 4.47. The van der Waals surface area contributed by atoms with Gasteiger partial charge < -0.3 is 19.6 Å². The van der Waals surface area contributed by atoms with E-state index in [0.29, 0.717) is 35.5 Å². The van der Waals surface area contributed by atoms with Crippen LogP contribution in [0.1, 0.15) is 29.3 Å². The molecule has 1 unspecified atom stereocenters. The Balaban J connectivity index is 1.82. The van der Waals surface area contributed by atoms with Crippen LogP contribution in [0.15, 0.2) is 66.4 Å². The van der Waals surface area contributed by atoms with Gasteiger partial charge >= 0.3 is 0 Å². The fourth-order valence-corrected chi connectivity index (χ4v) is 4.47. The lowest BCUT2D eigenvalue weighted by Crippen LogP contribution is -3.05. The van der Waals surface area contributed by atoms with Crippen molar-refractivity contribution in [2.45, 2.75) is 19.4 Å². The Morgan fingerprint density at radius 2 is 1.86 bits per heavy atom. The second kappa shape index (κ2) is 10.1. The third-order valence-electron chi connectivity index (χ3n) is 6.27. The molecule has 0 bridgehead atoms. The quantitative estimate of drug-likeness (QED) is 0.298. The number of aromatic nitrogens is 2. The summed E-state index contributed by atoms with van der Waals surface area (Å²) in [5.41, 5.74) is 2.33. The number of Topliss-reactive ketones (excluding diaryl/α,β-unsaturated/α-hetero) is 1. The van der Waals surface area contributed by atoms with E-state index in [0.717, 1.165) is 12.2 Å². The number of hydrogen-bond donors (Lipinski definition) is 1. The molecule has 1 N–H and O–H groups in total. The molecule has 1 saturated heterocycles. The number of quaternary nitrogens is 1. The van der Waals surface area contributed by atoms with Crippen molar-refractivity contribution in [3.8, 4) is 11.4 Å². The van der Waals surface area contributed by atoms with Crippen LogP contribution in [0.3, 0.4) is 0 Å². The Morgan fingerprint density at radius 1 is 1.11 bits per heavy atom. The van der Waals surface area contributed by atoms with Gasteiger partial charge in [-0.2, -0.15) is 5.10 Å². The normalized spacial score (nSPS) is 17.4. The van der Waals surface area contributed by atoms with Crippen LogP contribution in [0.4, 0.5) is 0 Å². The van der Waals surface area contributed by atoms with Crippen molar-refractivity contribution >= 4 is 17.4 Å². The Bertz CT molecular complexity index is 1260. The van der Waals surface area contributed by atoms with Gasteiger partial charge in [-0.3, -0.25) is 9.59 Å². The number of benzene rings is 2. The molecule has 1 fully saturated rings. The van der Waals surface area contributed by atoms with E-state index < -0.39 is 23.5 Å². The third kappa shape index (κ3) is 4.70. The third-order valence-corrected chi connectivity index (χ3v) is 6.27. The summed E-state index contributed by atoms with van der Waals surface area (Å²) >= 11 is 0. The largest absolute Gasteiger partial charge is 0.872 e. The lowest BCUT2D eigenvalue weighted by atomic mass is 9.95. The maximum atomic E-state index is 13.8. The number of likely N-dealkylation sites (tertiary alicyclic amines) is 1. The average Bonchev–Trinajstić information content (AvgIpc) is 3.36. The fraction of sp³-hybridized carbons (Fsp3) is 0.296. The molecule has 3 aromatic rings. The van der Waals surface area contributed by atoms with E-state index in [9.17, 15) is 14.7 Å². The van der Waals surface area contributed by atoms with Gasteiger partial charge in [0, 0.05) is 29.8 Å². The smallest absolute Gasteiger partial charge is 0.295 e. The van der Waals surface area contributed by atoms with Crippen LogP contribution in [-0.2, 0) is 9.59 Å². The molecule has 0 spiro atoms. The first-order valence-corrected chi connectivity index (χ1v) is 11.6. The Hall–Kier alpha value is -3.91. The summed E-state index contributed by atoms with van der Waals surface area (Å²) in [7, 11) is 5.62. The van der Waals surface area contributed by atoms with E-state index in [4.69, 9.17) is 4.74 Å². The topological polar surface area (TPSA) is 91.9 Å². The van der Waals surface area contributed by atoms with Crippen LogP contribution in [0.25, 0.3) is 11.4 Å². The molecule has 182 valence electrons. The predicted molar refractivity (Wildman–Crippen MR) is 130 cm³/mol. The maximum Gasteiger partial charge on any atom is 0.295 e. The number of carbonyl (C=O) groups excluding carboxylic acids is 2. The van der Waals surface area contributed by atoms with Gasteiger partial charge in [-0.15, -0.1) is 0 Å². The second-order valence-corrected chi connectivity index (χ2v) is 8.95. The predicted octanol–water partition coefficient (Wildman–Crippen LogP) is 0.948. The van der Waals surface area contributed by atoms with Gasteiger partial charge in [-0.05, 0) is 36.8 Å². The van der Waals surface area contributed by atoms with Crippen molar-refractivity contribution in [2.75, 3.05) is 34.3 Å². The van der Waals surface area contributed by atoms with Crippen LogP contribution >= 0.6 is 0 Å². The zero-order chi connectivity index (χ0) is 25.1. The van der Waals surface area contributed by atoms with Crippen LogP contribution in [-0.4, -0.2) is 60.7 Å². The van der Waals surface area contributed by atoms with Crippen molar-refractivity contribution in [1.29, 1.82) is 0 Å². The van der Waals surface area contributed by atoms with Crippen LogP contribution < -0.4 is 14.7 Å². The van der Waals surface area contributed by atoms with E-state index in [1.165, 1.54) is 16.0 Å². The SMILES string of the molecule is COc1cccc(C2C(=C([O-])c3cnn(-c4ccccc4)c3C)C(=O)C(=O)N2CCC[NH+](C)C)c1. The lowest BCUT2D eigenvalue weighted by Gasteiger charge is -2.27.